The molecule has 1 aliphatic heterocycles. The number of nitrogens with one attached hydrogen (secondary N) is 1. The zero-order valence-corrected chi connectivity index (χ0v) is 19.5. The molecule has 10 heteroatoms. The van der Waals surface area contributed by atoms with Gasteiger partial charge in [-0.05, 0) is 55.5 Å². The van der Waals surface area contributed by atoms with Gasteiger partial charge in [-0.1, -0.05) is 19.1 Å². The number of carbonyl (C=O) groups excluding carboxylic acids is 1. The molecule has 1 aromatic carbocycles. The zero-order valence-electron chi connectivity index (χ0n) is 18.7. The molecule has 0 radical (unpaired) electrons. The molecule has 1 fully saturated rings. The number of amides is 1. The summed E-state index contributed by atoms with van der Waals surface area (Å²) in [6.07, 6.45) is -1.63. The fourth-order valence-electron chi connectivity index (χ4n) is 4.23. The summed E-state index contributed by atoms with van der Waals surface area (Å²) in [5.74, 6) is -0.363. The maximum Gasteiger partial charge on any atom is 0.416 e. The summed E-state index contributed by atoms with van der Waals surface area (Å²) in [5.41, 5.74) is 0.241. The van der Waals surface area contributed by atoms with E-state index in [1.54, 1.807) is 17.0 Å². The van der Waals surface area contributed by atoms with Crippen molar-refractivity contribution in [2.24, 2.45) is 5.92 Å². The third-order valence-electron chi connectivity index (χ3n) is 6.00. The van der Waals surface area contributed by atoms with Crippen LogP contribution in [0, 0.1) is 18.7 Å². The van der Waals surface area contributed by atoms with Crippen molar-refractivity contribution in [2.75, 3.05) is 18.4 Å². The van der Waals surface area contributed by atoms with Gasteiger partial charge in [-0.2, -0.15) is 13.2 Å². The molecule has 4 rings (SSSR count). The first-order valence-electron chi connectivity index (χ1n) is 10.9. The first-order chi connectivity index (χ1) is 16.1. The van der Waals surface area contributed by atoms with Gasteiger partial charge in [0.25, 0.3) is 5.91 Å². The van der Waals surface area contributed by atoms with Crippen molar-refractivity contribution in [2.45, 2.75) is 38.9 Å². The van der Waals surface area contributed by atoms with E-state index in [4.69, 9.17) is 0 Å². The van der Waals surface area contributed by atoms with Gasteiger partial charge in [0.2, 0.25) is 0 Å². The van der Waals surface area contributed by atoms with Crippen molar-refractivity contribution in [1.29, 1.82) is 0 Å². The molecule has 2 aromatic heterocycles. The number of aromatic nitrogens is 2. The van der Waals surface area contributed by atoms with E-state index >= 15 is 0 Å². The van der Waals surface area contributed by atoms with Gasteiger partial charge in [0.1, 0.15) is 17.3 Å². The lowest BCUT2D eigenvalue weighted by Gasteiger charge is -2.40. The van der Waals surface area contributed by atoms with Crippen LogP contribution in [0.4, 0.5) is 23.4 Å². The fourth-order valence-corrected chi connectivity index (χ4v) is 5.15. The van der Waals surface area contributed by atoms with E-state index in [1.807, 2.05) is 13.8 Å². The molecule has 0 bridgehead atoms. The predicted octanol–water partition coefficient (Wildman–Crippen LogP) is 6.02. The van der Waals surface area contributed by atoms with Gasteiger partial charge in [-0.3, -0.25) is 4.79 Å². The average molecular weight is 493 g/mol. The molecule has 0 saturated carbocycles. The number of pyridine rings is 1. The summed E-state index contributed by atoms with van der Waals surface area (Å²) >= 11 is 1.37. The second-order valence-electron chi connectivity index (χ2n) is 8.41. The normalized spacial score (nSPS) is 18.7. The second-order valence-corrected chi connectivity index (χ2v) is 9.61. The molecule has 1 amide bonds. The molecule has 2 atom stereocenters. The van der Waals surface area contributed by atoms with Gasteiger partial charge in [0, 0.05) is 19.3 Å². The van der Waals surface area contributed by atoms with Crippen molar-refractivity contribution in [3.8, 4) is 10.4 Å². The average Bonchev–Trinajstić information content (AvgIpc) is 3.19. The highest BCUT2D eigenvalue weighted by Crippen LogP contribution is 2.34. The lowest BCUT2D eigenvalue weighted by molar-refractivity contribution is -0.137. The van der Waals surface area contributed by atoms with Crippen molar-refractivity contribution in [3.63, 3.8) is 0 Å². The number of carbonyl (C=O) groups is 1. The Labute approximate surface area is 198 Å². The number of alkyl halides is 3. The molecular weight excluding hydrogens is 468 g/mol. The third kappa shape index (κ3) is 5.22. The molecule has 180 valence electrons. The summed E-state index contributed by atoms with van der Waals surface area (Å²) in [6.45, 7) is 4.62. The Morgan fingerprint density at radius 2 is 1.97 bits per heavy atom. The van der Waals surface area contributed by atoms with Gasteiger partial charge < -0.3 is 10.2 Å². The molecule has 1 aliphatic rings. The summed E-state index contributed by atoms with van der Waals surface area (Å²) in [5, 5.41) is 3.70. The Balaban J connectivity index is 1.57. The van der Waals surface area contributed by atoms with Gasteiger partial charge in [0.15, 0.2) is 0 Å². The highest BCUT2D eigenvalue weighted by atomic mass is 32.1. The van der Waals surface area contributed by atoms with Crippen LogP contribution in [-0.2, 0) is 6.18 Å². The number of piperidine rings is 1. The molecular formula is C24H24F4N4OS. The minimum absolute atomic E-state index is 0.108. The van der Waals surface area contributed by atoms with Crippen LogP contribution in [-0.4, -0.2) is 39.9 Å². The van der Waals surface area contributed by atoms with E-state index in [9.17, 15) is 22.4 Å². The highest BCUT2D eigenvalue weighted by Gasteiger charge is 2.35. The lowest BCUT2D eigenvalue weighted by atomic mass is 9.90. The number of nitrogens with zero attached hydrogens (tertiary/aromatic N) is 3. The van der Waals surface area contributed by atoms with E-state index in [-0.39, 0.29) is 36.0 Å². The Morgan fingerprint density at radius 1 is 1.24 bits per heavy atom. The topological polar surface area (TPSA) is 58.1 Å². The van der Waals surface area contributed by atoms with E-state index in [0.29, 0.717) is 22.7 Å². The number of halogens is 4. The maximum absolute atomic E-state index is 13.6. The summed E-state index contributed by atoms with van der Waals surface area (Å²) in [6, 6.07) is 7.57. The fraction of sp³-hybridized carbons (Fsp3) is 0.375. The quantitative estimate of drug-likeness (QED) is 0.442. The van der Waals surface area contributed by atoms with Crippen molar-refractivity contribution in [3.05, 3.63) is 64.7 Å². The van der Waals surface area contributed by atoms with Crippen LogP contribution in [0.15, 0.2) is 42.6 Å². The number of hydrogen-bond donors (Lipinski definition) is 1. The number of benzene rings is 1. The van der Waals surface area contributed by atoms with Crippen LogP contribution in [0.3, 0.4) is 0 Å². The Hall–Kier alpha value is -3.01. The Morgan fingerprint density at radius 3 is 2.68 bits per heavy atom. The second kappa shape index (κ2) is 9.69. The van der Waals surface area contributed by atoms with Crippen LogP contribution >= 0.6 is 11.3 Å². The van der Waals surface area contributed by atoms with Crippen LogP contribution < -0.4 is 5.32 Å². The highest BCUT2D eigenvalue weighted by molar-refractivity contribution is 7.15. The number of hydrogen-bond acceptors (Lipinski definition) is 5. The molecule has 1 saturated heterocycles. The summed E-state index contributed by atoms with van der Waals surface area (Å²) in [4.78, 5) is 24.5. The molecule has 1 unspecified atom stereocenters. The number of thiazole rings is 1. The smallest absolute Gasteiger partial charge is 0.368 e. The SMILES string of the molecule is Cc1nc(C(=O)N2CCC[C@@H](C)C2CNc2cc(C(F)(F)F)ccn2)c(-c2ccc(F)cc2)s1. The maximum atomic E-state index is 13.6. The molecule has 3 heterocycles. The van der Waals surface area contributed by atoms with Crippen LogP contribution in [0.1, 0.15) is 40.8 Å². The molecule has 0 spiro atoms. The van der Waals surface area contributed by atoms with Crippen molar-refractivity contribution >= 4 is 23.1 Å². The molecule has 34 heavy (non-hydrogen) atoms. The van der Waals surface area contributed by atoms with Gasteiger partial charge >= 0.3 is 6.18 Å². The molecule has 0 aliphatic carbocycles. The first-order valence-corrected chi connectivity index (χ1v) is 11.8. The summed E-state index contributed by atoms with van der Waals surface area (Å²) < 4.78 is 52.5. The van der Waals surface area contributed by atoms with Gasteiger partial charge in [-0.25, -0.2) is 14.4 Å². The zero-order chi connectivity index (χ0) is 24.5. The van der Waals surface area contributed by atoms with Crippen LogP contribution in [0.25, 0.3) is 10.4 Å². The minimum atomic E-state index is -4.46. The van der Waals surface area contributed by atoms with E-state index < -0.39 is 11.7 Å². The molecule has 1 N–H and O–H groups in total. The predicted molar refractivity (Wildman–Crippen MR) is 123 cm³/mol. The number of likely N-dealkylation sites (tertiary alicyclic amines) is 1. The van der Waals surface area contributed by atoms with Crippen molar-refractivity contribution < 1.29 is 22.4 Å². The van der Waals surface area contributed by atoms with E-state index in [0.717, 1.165) is 36.2 Å². The van der Waals surface area contributed by atoms with E-state index in [2.05, 4.69) is 15.3 Å². The minimum Gasteiger partial charge on any atom is -0.368 e. The lowest BCUT2D eigenvalue weighted by Crippen LogP contribution is -2.51. The number of aryl methyl sites for hydroxylation is 1. The van der Waals surface area contributed by atoms with Crippen LogP contribution in [0.5, 0.6) is 0 Å². The van der Waals surface area contributed by atoms with Crippen LogP contribution in [0.2, 0.25) is 0 Å². The molecule has 3 aromatic rings. The van der Waals surface area contributed by atoms with Gasteiger partial charge in [-0.15, -0.1) is 11.3 Å². The first kappa shape index (κ1) is 24.1. The van der Waals surface area contributed by atoms with E-state index in [1.165, 1.54) is 23.5 Å². The standard InChI is InChI=1S/C24H24F4N4OS/c1-14-4-3-11-32(19(14)13-30-20-12-17(9-10-29-20)24(26,27)28)23(33)21-22(34-15(2)31-21)16-5-7-18(25)8-6-16/h5-10,12,14,19H,3-4,11,13H2,1-2H3,(H,29,30)/t14-,19?/m1/s1. The largest absolute Gasteiger partial charge is 0.416 e. The summed E-state index contributed by atoms with van der Waals surface area (Å²) in [7, 11) is 0. The number of rotatable bonds is 5. The van der Waals surface area contributed by atoms with Crippen molar-refractivity contribution in [1.82, 2.24) is 14.9 Å². The monoisotopic (exact) mass is 492 g/mol. The van der Waals surface area contributed by atoms with Gasteiger partial charge in [0.05, 0.1) is 21.5 Å². The third-order valence-corrected chi connectivity index (χ3v) is 7.02. The Bertz CT molecular complexity index is 1160. The number of anilines is 1. The Kier molecular flexibility index (Phi) is 6.88. The molecule has 5 nitrogen and oxygen atoms in total.